The fraction of sp³-hybridized carbons (Fsp3) is 0.250. The summed E-state index contributed by atoms with van der Waals surface area (Å²) in [6.45, 7) is -4.65. The van der Waals surface area contributed by atoms with Crippen LogP contribution in [0.3, 0.4) is 0 Å². The summed E-state index contributed by atoms with van der Waals surface area (Å²) in [5.74, 6) is -0.713. The van der Waals surface area contributed by atoms with Gasteiger partial charge in [-0.25, -0.2) is 0 Å². The van der Waals surface area contributed by atoms with Crippen LogP contribution in [0.5, 0.6) is 5.75 Å². The van der Waals surface area contributed by atoms with Gasteiger partial charge < -0.3 is 22.9 Å². The Kier molecular flexibility index (Phi) is 7.00. The molecular formula is C8H9BF4KNO3S. The van der Waals surface area contributed by atoms with E-state index in [4.69, 9.17) is 5.73 Å². The summed E-state index contributed by atoms with van der Waals surface area (Å²) >= 11 is 0. The molecule has 0 unspecified atom stereocenters. The molecule has 1 aromatic rings. The van der Waals surface area contributed by atoms with E-state index in [2.05, 4.69) is 4.18 Å². The molecule has 4 nitrogen and oxygen atoms in total. The molecule has 0 saturated carbocycles. The SMILES string of the molecule is Cc1c(OS(=O)(=O)F)cc(CN)cc1[B-](F)(F)F.[K+]. The number of nitrogens with two attached hydrogens (primary N) is 1. The summed E-state index contributed by atoms with van der Waals surface area (Å²) in [6, 6.07) is 1.74. The molecule has 1 aromatic carbocycles. The number of halogens is 4. The predicted octanol–water partition coefficient (Wildman–Crippen LogP) is -1.89. The average Bonchev–Trinajstić information content (AvgIpc) is 2.17. The molecule has 11 heteroatoms. The van der Waals surface area contributed by atoms with Gasteiger partial charge in [0.05, 0.1) is 0 Å². The topological polar surface area (TPSA) is 69.4 Å². The van der Waals surface area contributed by atoms with Crippen molar-refractivity contribution in [1.82, 2.24) is 0 Å². The van der Waals surface area contributed by atoms with E-state index in [9.17, 15) is 25.3 Å². The van der Waals surface area contributed by atoms with Crippen LogP contribution in [0, 0.1) is 6.92 Å². The van der Waals surface area contributed by atoms with Crippen molar-refractivity contribution >= 4 is 22.9 Å². The molecule has 1 rings (SSSR count). The maximum absolute atomic E-state index is 12.7. The second-order valence-electron chi connectivity index (χ2n) is 3.56. The van der Waals surface area contributed by atoms with E-state index in [1.165, 1.54) is 0 Å². The van der Waals surface area contributed by atoms with Gasteiger partial charge in [-0.3, -0.25) is 0 Å². The Morgan fingerprint density at radius 1 is 1.32 bits per heavy atom. The molecule has 0 aromatic heterocycles. The van der Waals surface area contributed by atoms with Crippen LogP contribution in [0.4, 0.5) is 16.8 Å². The number of rotatable bonds is 4. The summed E-state index contributed by atoms with van der Waals surface area (Å²) < 4.78 is 75.0. The van der Waals surface area contributed by atoms with E-state index in [0.717, 1.165) is 19.1 Å². The van der Waals surface area contributed by atoms with Gasteiger partial charge in [-0.15, -0.1) is 5.46 Å². The number of benzene rings is 1. The van der Waals surface area contributed by atoms with Crippen molar-refractivity contribution < 1.29 is 80.8 Å². The third kappa shape index (κ3) is 5.70. The molecule has 2 N–H and O–H groups in total. The van der Waals surface area contributed by atoms with Gasteiger partial charge in [0.2, 0.25) is 0 Å². The van der Waals surface area contributed by atoms with Crippen LogP contribution in [-0.2, 0) is 17.0 Å². The first-order chi connectivity index (χ1) is 8.04. The summed E-state index contributed by atoms with van der Waals surface area (Å²) in [4.78, 5) is 0. The van der Waals surface area contributed by atoms with Crippen molar-refractivity contribution in [3.05, 3.63) is 23.3 Å². The van der Waals surface area contributed by atoms with Gasteiger partial charge in [0, 0.05) is 6.54 Å². The second-order valence-corrected chi connectivity index (χ2v) is 4.52. The van der Waals surface area contributed by atoms with Crippen molar-refractivity contribution in [1.29, 1.82) is 0 Å². The minimum absolute atomic E-state index is 0. The molecule has 19 heavy (non-hydrogen) atoms. The first kappa shape index (κ1) is 19.4. The van der Waals surface area contributed by atoms with Crippen LogP contribution in [0.25, 0.3) is 0 Å². The van der Waals surface area contributed by atoms with Gasteiger partial charge in [0.15, 0.2) is 0 Å². The Morgan fingerprint density at radius 2 is 1.84 bits per heavy atom. The number of hydrogen-bond acceptors (Lipinski definition) is 4. The second kappa shape index (κ2) is 6.87. The molecule has 0 saturated heterocycles. The molecule has 0 spiro atoms. The molecule has 102 valence electrons. The maximum Gasteiger partial charge on any atom is 1.00 e. The predicted molar refractivity (Wildman–Crippen MR) is 58.4 cm³/mol. The van der Waals surface area contributed by atoms with Crippen molar-refractivity contribution in [2.45, 2.75) is 13.5 Å². The molecule has 0 bridgehead atoms. The molecule has 0 atom stereocenters. The fourth-order valence-corrected chi connectivity index (χ4v) is 1.81. The maximum atomic E-state index is 12.7. The minimum Gasteiger partial charge on any atom is -0.445 e. The first-order valence-corrected chi connectivity index (χ1v) is 6.03. The zero-order valence-corrected chi connectivity index (χ0v) is 14.1. The van der Waals surface area contributed by atoms with Gasteiger partial charge in [0.25, 0.3) is 0 Å². The number of hydrogen-bond donors (Lipinski definition) is 1. The van der Waals surface area contributed by atoms with E-state index >= 15 is 0 Å². The summed E-state index contributed by atoms with van der Waals surface area (Å²) in [6.07, 6.45) is 0. The van der Waals surface area contributed by atoms with Gasteiger partial charge in [-0.05, 0) is 24.1 Å². The summed E-state index contributed by atoms with van der Waals surface area (Å²) in [5, 5.41) is 0. The van der Waals surface area contributed by atoms with Crippen LogP contribution in [0.1, 0.15) is 11.1 Å². The zero-order valence-electron chi connectivity index (χ0n) is 10.2. The van der Waals surface area contributed by atoms with Gasteiger partial charge in [-0.1, -0.05) is 9.95 Å². The van der Waals surface area contributed by atoms with E-state index in [1.54, 1.807) is 0 Å². The Hall–Kier alpha value is 0.351. The van der Waals surface area contributed by atoms with Crippen molar-refractivity contribution in [2.24, 2.45) is 5.73 Å². The quantitative estimate of drug-likeness (QED) is 0.399. The first-order valence-electron chi connectivity index (χ1n) is 4.72. The van der Waals surface area contributed by atoms with Crippen molar-refractivity contribution in [2.75, 3.05) is 0 Å². The zero-order chi connectivity index (χ0) is 14.1. The van der Waals surface area contributed by atoms with Crippen molar-refractivity contribution in [3.8, 4) is 5.75 Å². The van der Waals surface area contributed by atoms with E-state index < -0.39 is 34.3 Å². The van der Waals surface area contributed by atoms with E-state index in [1.807, 2.05) is 0 Å². The fourth-order valence-electron chi connectivity index (χ4n) is 1.42. The van der Waals surface area contributed by atoms with Crippen molar-refractivity contribution in [3.63, 3.8) is 0 Å². The Bertz CT molecular complexity index is 564. The molecule has 0 radical (unpaired) electrons. The summed E-state index contributed by atoms with van der Waals surface area (Å²) in [5.41, 5.74) is 3.62. The minimum atomic E-state index is -5.39. The Balaban J connectivity index is 0.00000324. The molecule has 0 fully saturated rings. The Morgan fingerprint density at radius 3 is 2.21 bits per heavy atom. The third-order valence-corrected chi connectivity index (χ3v) is 2.62. The average molecular weight is 325 g/mol. The van der Waals surface area contributed by atoms with Gasteiger partial charge in [0.1, 0.15) is 5.75 Å². The van der Waals surface area contributed by atoms with Crippen LogP contribution in [-0.4, -0.2) is 15.4 Å². The molecule has 0 heterocycles. The van der Waals surface area contributed by atoms with Crippen LogP contribution < -0.4 is 66.8 Å². The normalized spacial score (nSPS) is 11.9. The molecule has 0 aliphatic carbocycles. The standard InChI is InChI=1S/C8H9BF4NO3S.K/c1-5-7(9(10,11)12)2-6(4-14)3-8(5)17-18(13,15)16;/h2-3H,4,14H2,1H3;/q-1;+1. The van der Waals surface area contributed by atoms with E-state index in [0.29, 0.717) is 0 Å². The monoisotopic (exact) mass is 325 g/mol. The van der Waals surface area contributed by atoms with Crippen LogP contribution >= 0.6 is 0 Å². The van der Waals surface area contributed by atoms with E-state index in [-0.39, 0.29) is 63.5 Å². The Labute approximate surface area is 150 Å². The molecule has 0 aliphatic rings. The van der Waals surface area contributed by atoms with Gasteiger partial charge >= 0.3 is 68.9 Å². The third-order valence-electron chi connectivity index (χ3n) is 2.24. The molecular weight excluding hydrogens is 316 g/mol. The van der Waals surface area contributed by atoms with Crippen LogP contribution in [0.2, 0.25) is 0 Å². The molecule has 0 amide bonds. The van der Waals surface area contributed by atoms with Gasteiger partial charge in [-0.2, -0.15) is 8.42 Å². The largest absolute Gasteiger partial charge is 1.00 e. The van der Waals surface area contributed by atoms with Crippen LogP contribution in [0.15, 0.2) is 12.1 Å². The molecule has 0 aliphatic heterocycles. The smallest absolute Gasteiger partial charge is 0.445 e. The summed E-state index contributed by atoms with van der Waals surface area (Å²) in [7, 11) is -5.39.